The predicted octanol–water partition coefficient (Wildman–Crippen LogP) is 3.87. The fourth-order valence-electron chi connectivity index (χ4n) is 2.22. The van der Waals surface area contributed by atoms with Crippen molar-refractivity contribution in [1.29, 1.82) is 0 Å². The second kappa shape index (κ2) is 8.01. The van der Waals surface area contributed by atoms with Crippen molar-refractivity contribution >= 4 is 23.5 Å². The number of nitro benzene ring substituents is 1. The van der Waals surface area contributed by atoms with Gasteiger partial charge in [0.25, 0.3) is 5.69 Å². The molecule has 0 saturated carbocycles. The van der Waals surface area contributed by atoms with Gasteiger partial charge < -0.3 is 4.74 Å². The summed E-state index contributed by atoms with van der Waals surface area (Å²) in [6.45, 7) is 2.95. The molecule has 0 aliphatic rings. The van der Waals surface area contributed by atoms with Gasteiger partial charge in [-0.25, -0.2) is 4.79 Å². The molecule has 2 rings (SSSR count). The summed E-state index contributed by atoms with van der Waals surface area (Å²) >= 11 is 0. The van der Waals surface area contributed by atoms with E-state index in [9.17, 15) is 19.7 Å². The Hall–Kier alpha value is -3.28. The molecule has 0 fully saturated rings. The first-order valence-electron chi connectivity index (χ1n) is 7.61. The minimum Gasteiger partial charge on any atom is -0.454 e. The van der Waals surface area contributed by atoms with Crippen LogP contribution in [0.2, 0.25) is 0 Å². The summed E-state index contributed by atoms with van der Waals surface area (Å²) in [6.07, 6.45) is 0.775. The number of ketones is 1. The molecule has 128 valence electrons. The first-order chi connectivity index (χ1) is 11.9. The number of hydrogen-bond acceptors (Lipinski definition) is 5. The quantitative estimate of drug-likeness (QED) is 0.199. The molecule has 1 unspecified atom stereocenters. The molecule has 0 amide bonds. The van der Waals surface area contributed by atoms with Gasteiger partial charge >= 0.3 is 5.97 Å². The molecule has 6 heteroatoms. The maximum absolute atomic E-state index is 12.3. The Morgan fingerprint density at radius 3 is 2.40 bits per heavy atom. The molecule has 2 aromatic carbocycles. The van der Waals surface area contributed by atoms with Crippen LogP contribution in [0.3, 0.4) is 0 Å². The largest absolute Gasteiger partial charge is 0.454 e. The van der Waals surface area contributed by atoms with Gasteiger partial charge in [-0.05, 0) is 31.1 Å². The van der Waals surface area contributed by atoms with Crippen LogP contribution in [0.25, 0.3) is 6.08 Å². The lowest BCUT2D eigenvalue weighted by Crippen LogP contribution is -2.15. The number of hydrogen-bond donors (Lipinski definition) is 0. The summed E-state index contributed by atoms with van der Waals surface area (Å²) in [7, 11) is 0. The third kappa shape index (κ3) is 4.84. The van der Waals surface area contributed by atoms with E-state index >= 15 is 0 Å². The first-order valence-corrected chi connectivity index (χ1v) is 7.61. The highest BCUT2D eigenvalue weighted by molar-refractivity contribution is 6.19. The standard InChI is InChI=1S/C19H17NO5/c1-13(21)18(12-15-7-6-10-17(11-15)20(23)24)19(22)25-14(2)16-8-4-3-5-9-16/h3-12,14H,1-2H3. The zero-order valence-electron chi connectivity index (χ0n) is 13.8. The van der Waals surface area contributed by atoms with Crippen molar-refractivity contribution in [3.05, 3.63) is 81.4 Å². The Morgan fingerprint density at radius 2 is 1.80 bits per heavy atom. The molecular weight excluding hydrogens is 322 g/mol. The summed E-state index contributed by atoms with van der Waals surface area (Å²) in [5.74, 6) is -1.24. The third-order valence-corrected chi connectivity index (χ3v) is 3.54. The zero-order valence-corrected chi connectivity index (χ0v) is 13.8. The van der Waals surface area contributed by atoms with Crippen LogP contribution in [-0.2, 0) is 14.3 Å². The molecule has 0 N–H and O–H groups in total. The van der Waals surface area contributed by atoms with E-state index in [0.29, 0.717) is 5.56 Å². The molecule has 0 spiro atoms. The molecule has 0 aliphatic carbocycles. The van der Waals surface area contributed by atoms with Gasteiger partial charge in [0, 0.05) is 12.1 Å². The van der Waals surface area contributed by atoms with Crippen molar-refractivity contribution in [3.8, 4) is 0 Å². The number of esters is 1. The Morgan fingerprint density at radius 1 is 1.12 bits per heavy atom. The number of rotatable bonds is 6. The van der Waals surface area contributed by atoms with Gasteiger partial charge in [0.05, 0.1) is 4.92 Å². The van der Waals surface area contributed by atoms with Gasteiger partial charge in [0.15, 0.2) is 5.78 Å². The first kappa shape index (κ1) is 18.1. The van der Waals surface area contributed by atoms with Crippen molar-refractivity contribution in [1.82, 2.24) is 0 Å². The van der Waals surface area contributed by atoms with Crippen molar-refractivity contribution in [2.24, 2.45) is 0 Å². The SMILES string of the molecule is CC(=O)C(=Cc1cccc([N+](=O)[O-])c1)C(=O)OC(C)c1ccccc1. The van der Waals surface area contributed by atoms with E-state index in [1.807, 2.05) is 30.3 Å². The highest BCUT2D eigenvalue weighted by Crippen LogP contribution is 2.20. The number of Topliss-reactive ketones (excluding diaryl/α,β-unsaturated/α-hetero) is 1. The third-order valence-electron chi connectivity index (χ3n) is 3.54. The predicted molar refractivity (Wildman–Crippen MR) is 92.7 cm³/mol. The van der Waals surface area contributed by atoms with Crippen LogP contribution in [0.5, 0.6) is 0 Å². The Labute approximate surface area is 144 Å². The lowest BCUT2D eigenvalue weighted by molar-refractivity contribution is -0.384. The number of nitrogens with zero attached hydrogens (tertiary/aromatic N) is 1. The number of ether oxygens (including phenoxy) is 1. The highest BCUT2D eigenvalue weighted by atomic mass is 16.6. The molecule has 2 aromatic rings. The molecule has 25 heavy (non-hydrogen) atoms. The number of benzene rings is 2. The summed E-state index contributed by atoms with van der Waals surface area (Å²) in [6, 6.07) is 14.8. The average molecular weight is 339 g/mol. The van der Waals surface area contributed by atoms with Crippen molar-refractivity contribution in [3.63, 3.8) is 0 Å². The van der Waals surface area contributed by atoms with E-state index in [0.717, 1.165) is 5.56 Å². The maximum Gasteiger partial charge on any atom is 0.342 e. The highest BCUT2D eigenvalue weighted by Gasteiger charge is 2.20. The normalized spacial score (nSPS) is 12.3. The lowest BCUT2D eigenvalue weighted by atomic mass is 10.1. The summed E-state index contributed by atoms with van der Waals surface area (Å²) in [5.41, 5.74) is 0.892. The second-order valence-corrected chi connectivity index (χ2v) is 5.42. The minimum absolute atomic E-state index is 0.123. The number of non-ortho nitro benzene ring substituents is 1. The van der Waals surface area contributed by atoms with Crippen LogP contribution in [0.1, 0.15) is 31.1 Å². The summed E-state index contributed by atoms with van der Waals surface area (Å²) < 4.78 is 5.35. The Balaban J connectivity index is 2.25. The van der Waals surface area contributed by atoms with E-state index in [1.54, 1.807) is 13.0 Å². The molecule has 6 nitrogen and oxygen atoms in total. The van der Waals surface area contributed by atoms with E-state index in [4.69, 9.17) is 4.74 Å². The maximum atomic E-state index is 12.3. The van der Waals surface area contributed by atoms with Crippen LogP contribution in [0.4, 0.5) is 5.69 Å². The second-order valence-electron chi connectivity index (χ2n) is 5.42. The van der Waals surface area contributed by atoms with Gasteiger partial charge in [-0.2, -0.15) is 0 Å². The van der Waals surface area contributed by atoms with Crippen molar-refractivity contribution in [2.45, 2.75) is 20.0 Å². The molecule has 0 aliphatic heterocycles. The topological polar surface area (TPSA) is 86.5 Å². The average Bonchev–Trinajstić information content (AvgIpc) is 2.60. The van der Waals surface area contributed by atoms with Gasteiger partial charge in [0.2, 0.25) is 0 Å². The van der Waals surface area contributed by atoms with E-state index in [-0.39, 0.29) is 11.3 Å². The van der Waals surface area contributed by atoms with Gasteiger partial charge in [-0.1, -0.05) is 42.5 Å². The molecular formula is C19H17NO5. The van der Waals surface area contributed by atoms with Crippen LogP contribution >= 0.6 is 0 Å². The van der Waals surface area contributed by atoms with E-state index in [2.05, 4.69) is 0 Å². The molecule has 0 aromatic heterocycles. The molecule has 0 heterocycles. The fourth-order valence-corrected chi connectivity index (χ4v) is 2.22. The number of carbonyl (C=O) groups excluding carboxylic acids is 2. The summed E-state index contributed by atoms with van der Waals surface area (Å²) in [4.78, 5) is 34.5. The molecule has 0 saturated heterocycles. The lowest BCUT2D eigenvalue weighted by Gasteiger charge is -2.14. The van der Waals surface area contributed by atoms with Gasteiger partial charge in [0.1, 0.15) is 11.7 Å². The van der Waals surface area contributed by atoms with Gasteiger partial charge in [-0.15, -0.1) is 0 Å². The van der Waals surface area contributed by atoms with Crippen molar-refractivity contribution in [2.75, 3.05) is 0 Å². The Kier molecular flexibility index (Phi) is 5.79. The monoisotopic (exact) mass is 339 g/mol. The zero-order chi connectivity index (χ0) is 18.4. The fraction of sp³-hybridized carbons (Fsp3) is 0.158. The van der Waals surface area contributed by atoms with Crippen LogP contribution < -0.4 is 0 Å². The number of carbonyl (C=O) groups is 2. The Bertz CT molecular complexity index is 827. The minimum atomic E-state index is -0.768. The smallest absolute Gasteiger partial charge is 0.342 e. The summed E-state index contributed by atoms with van der Waals surface area (Å²) in [5, 5.41) is 10.8. The molecule has 0 bridgehead atoms. The van der Waals surface area contributed by atoms with Crippen LogP contribution in [-0.4, -0.2) is 16.7 Å². The molecule has 0 radical (unpaired) electrons. The molecule has 1 atom stereocenters. The number of nitro groups is 1. The van der Waals surface area contributed by atoms with E-state index < -0.39 is 22.8 Å². The van der Waals surface area contributed by atoms with Gasteiger partial charge in [-0.3, -0.25) is 14.9 Å². The van der Waals surface area contributed by atoms with Crippen LogP contribution in [0.15, 0.2) is 60.2 Å². The van der Waals surface area contributed by atoms with E-state index in [1.165, 1.54) is 31.2 Å². The van der Waals surface area contributed by atoms with Crippen LogP contribution in [0, 0.1) is 10.1 Å². The van der Waals surface area contributed by atoms with Crippen molar-refractivity contribution < 1.29 is 19.2 Å².